The Hall–Kier alpha value is -2.66. The quantitative estimate of drug-likeness (QED) is 0.679. The number of para-hydroxylation sites is 1. The minimum absolute atomic E-state index is 0.227. The maximum absolute atomic E-state index is 13.3. The van der Waals surface area contributed by atoms with Crippen LogP contribution >= 0.6 is 0 Å². The second-order valence-corrected chi connectivity index (χ2v) is 8.71. The van der Waals surface area contributed by atoms with Crippen molar-refractivity contribution < 1.29 is 13.2 Å². The second kappa shape index (κ2) is 7.40. The van der Waals surface area contributed by atoms with Crippen LogP contribution in [0.3, 0.4) is 0 Å². The van der Waals surface area contributed by atoms with E-state index in [-0.39, 0.29) is 4.90 Å². The summed E-state index contributed by atoms with van der Waals surface area (Å²) in [5.41, 5.74) is 2.27. The minimum Gasteiger partial charge on any atom is -0.379 e. The molecule has 0 amide bonds. The molecule has 144 valence electrons. The number of benzene rings is 2. The lowest BCUT2D eigenvalue weighted by atomic mass is 10.1. The van der Waals surface area contributed by atoms with Gasteiger partial charge in [0.1, 0.15) is 6.04 Å². The van der Waals surface area contributed by atoms with Crippen molar-refractivity contribution in [3.8, 4) is 6.07 Å². The highest BCUT2D eigenvalue weighted by Gasteiger charge is 2.28. The Labute approximate surface area is 164 Å². The van der Waals surface area contributed by atoms with Crippen LogP contribution in [-0.2, 0) is 14.8 Å². The predicted molar refractivity (Wildman–Crippen MR) is 106 cm³/mol. The third kappa shape index (κ3) is 3.20. The van der Waals surface area contributed by atoms with Gasteiger partial charge in [-0.15, -0.1) is 0 Å². The maximum Gasteiger partial charge on any atom is 0.268 e. The van der Waals surface area contributed by atoms with Crippen molar-refractivity contribution in [2.75, 3.05) is 26.3 Å². The number of morpholine rings is 1. The van der Waals surface area contributed by atoms with Gasteiger partial charge in [-0.25, -0.2) is 12.4 Å². The lowest BCUT2D eigenvalue weighted by Crippen LogP contribution is -2.38. The van der Waals surface area contributed by atoms with Crippen LogP contribution in [0.5, 0.6) is 0 Å². The molecule has 0 bridgehead atoms. The molecule has 0 radical (unpaired) electrons. The lowest BCUT2D eigenvalue weighted by Gasteiger charge is -2.30. The number of aromatic nitrogens is 1. The van der Waals surface area contributed by atoms with E-state index in [4.69, 9.17) is 4.74 Å². The molecule has 0 N–H and O–H groups in total. The molecule has 0 unspecified atom stereocenters. The summed E-state index contributed by atoms with van der Waals surface area (Å²) in [5, 5.41) is 10.6. The summed E-state index contributed by atoms with van der Waals surface area (Å²) in [5.74, 6) is 0. The summed E-state index contributed by atoms with van der Waals surface area (Å²) in [7, 11) is -3.77. The van der Waals surface area contributed by atoms with Crippen LogP contribution in [0.1, 0.15) is 17.2 Å². The molecule has 0 saturated carbocycles. The van der Waals surface area contributed by atoms with Crippen molar-refractivity contribution >= 4 is 20.9 Å². The number of ether oxygens (including phenoxy) is 1. The second-order valence-electron chi connectivity index (χ2n) is 6.90. The van der Waals surface area contributed by atoms with E-state index < -0.39 is 16.1 Å². The fourth-order valence-electron chi connectivity index (χ4n) is 3.60. The SMILES string of the molecule is Cc1ccc(S(=O)(=O)n2cc([C@@H](C#N)N3CCOCC3)c3ccccc32)cc1. The highest BCUT2D eigenvalue weighted by molar-refractivity contribution is 7.90. The summed E-state index contributed by atoms with van der Waals surface area (Å²) in [4.78, 5) is 2.26. The molecule has 4 rings (SSSR count). The van der Waals surface area contributed by atoms with Crippen molar-refractivity contribution in [3.05, 3.63) is 65.9 Å². The Kier molecular flexibility index (Phi) is 4.94. The van der Waals surface area contributed by atoms with E-state index in [1.54, 1.807) is 36.5 Å². The summed E-state index contributed by atoms with van der Waals surface area (Å²) in [6.07, 6.45) is 1.60. The van der Waals surface area contributed by atoms with Crippen molar-refractivity contribution in [1.29, 1.82) is 5.26 Å². The standard InChI is InChI=1S/C21H21N3O3S/c1-16-6-8-17(9-7-16)28(25,26)24-15-19(18-4-2-3-5-20(18)24)21(14-22)23-10-12-27-13-11-23/h2-9,15,21H,10-13H2,1H3/t21-/m1/s1. The largest absolute Gasteiger partial charge is 0.379 e. The monoisotopic (exact) mass is 395 g/mol. The number of nitriles is 1. The Balaban J connectivity index is 1.87. The molecule has 0 aliphatic carbocycles. The summed E-state index contributed by atoms with van der Waals surface area (Å²) in [6, 6.07) is 15.9. The first-order valence-corrected chi connectivity index (χ1v) is 10.6. The van der Waals surface area contributed by atoms with Crippen LogP contribution in [0.4, 0.5) is 0 Å². The smallest absolute Gasteiger partial charge is 0.268 e. The number of fused-ring (bicyclic) bond motifs is 1. The van der Waals surface area contributed by atoms with Gasteiger partial charge in [0.15, 0.2) is 0 Å². The van der Waals surface area contributed by atoms with E-state index in [1.807, 2.05) is 30.0 Å². The molecule has 3 aromatic rings. The van der Waals surface area contributed by atoms with Crippen LogP contribution in [-0.4, -0.2) is 43.6 Å². The third-order valence-electron chi connectivity index (χ3n) is 5.11. The van der Waals surface area contributed by atoms with Crippen LogP contribution in [0, 0.1) is 18.3 Å². The average molecular weight is 395 g/mol. The van der Waals surface area contributed by atoms with Crippen molar-refractivity contribution in [2.45, 2.75) is 17.9 Å². The van der Waals surface area contributed by atoms with E-state index in [0.717, 1.165) is 10.9 Å². The fourth-order valence-corrected chi connectivity index (χ4v) is 4.98. The molecule has 7 heteroatoms. The van der Waals surface area contributed by atoms with Gasteiger partial charge in [0.2, 0.25) is 0 Å². The van der Waals surface area contributed by atoms with Gasteiger partial charge in [-0.05, 0) is 25.1 Å². The molecule has 6 nitrogen and oxygen atoms in total. The van der Waals surface area contributed by atoms with Crippen molar-refractivity contribution in [2.24, 2.45) is 0 Å². The van der Waals surface area contributed by atoms with Gasteiger partial charge in [-0.3, -0.25) is 4.90 Å². The van der Waals surface area contributed by atoms with E-state index in [9.17, 15) is 13.7 Å². The molecule has 2 heterocycles. The van der Waals surface area contributed by atoms with Gasteiger partial charge in [0, 0.05) is 30.2 Å². The minimum atomic E-state index is -3.77. The van der Waals surface area contributed by atoms with Gasteiger partial charge in [0.05, 0.1) is 29.7 Å². The zero-order chi connectivity index (χ0) is 19.7. The number of aryl methyl sites for hydroxylation is 1. The first kappa shape index (κ1) is 18.7. The van der Waals surface area contributed by atoms with Gasteiger partial charge < -0.3 is 4.74 Å². The van der Waals surface area contributed by atoms with Crippen molar-refractivity contribution in [3.63, 3.8) is 0 Å². The van der Waals surface area contributed by atoms with Gasteiger partial charge >= 0.3 is 0 Å². The number of nitrogens with zero attached hydrogens (tertiary/aromatic N) is 3. The van der Waals surface area contributed by atoms with Gasteiger partial charge in [-0.2, -0.15) is 5.26 Å². The molecule has 1 fully saturated rings. The predicted octanol–water partition coefficient (Wildman–Crippen LogP) is 3.08. The Morgan fingerprint density at radius 1 is 1.07 bits per heavy atom. The van der Waals surface area contributed by atoms with Gasteiger partial charge in [0.25, 0.3) is 10.0 Å². The van der Waals surface area contributed by atoms with Gasteiger partial charge in [-0.1, -0.05) is 35.9 Å². The lowest BCUT2D eigenvalue weighted by molar-refractivity contribution is 0.0268. The molecule has 1 aliphatic heterocycles. The molecular formula is C21H21N3O3S. The normalized spacial score (nSPS) is 16.7. The fraction of sp³-hybridized carbons (Fsp3) is 0.286. The first-order valence-electron chi connectivity index (χ1n) is 9.16. The molecule has 1 atom stereocenters. The first-order chi connectivity index (χ1) is 13.5. The van der Waals surface area contributed by atoms with Crippen LogP contribution < -0.4 is 0 Å². The molecule has 2 aromatic carbocycles. The molecule has 1 aromatic heterocycles. The Morgan fingerprint density at radius 3 is 2.43 bits per heavy atom. The highest BCUT2D eigenvalue weighted by atomic mass is 32.2. The van der Waals surface area contributed by atoms with E-state index in [1.165, 1.54) is 3.97 Å². The zero-order valence-corrected chi connectivity index (χ0v) is 16.4. The molecule has 28 heavy (non-hydrogen) atoms. The molecule has 0 spiro atoms. The summed E-state index contributed by atoms with van der Waals surface area (Å²) in [6.45, 7) is 4.33. The van der Waals surface area contributed by atoms with E-state index >= 15 is 0 Å². The highest BCUT2D eigenvalue weighted by Crippen LogP contribution is 2.32. The Bertz CT molecular complexity index is 1140. The molecular weight excluding hydrogens is 374 g/mol. The molecule has 1 saturated heterocycles. The van der Waals surface area contributed by atoms with E-state index in [2.05, 4.69) is 6.07 Å². The number of hydrogen-bond acceptors (Lipinski definition) is 5. The number of rotatable bonds is 4. The topological polar surface area (TPSA) is 75.3 Å². The van der Waals surface area contributed by atoms with Crippen LogP contribution in [0.15, 0.2) is 59.6 Å². The average Bonchev–Trinajstić information content (AvgIpc) is 3.10. The zero-order valence-electron chi connectivity index (χ0n) is 15.6. The number of hydrogen-bond donors (Lipinski definition) is 0. The summed E-state index contributed by atoms with van der Waals surface area (Å²) < 4.78 is 33.3. The van der Waals surface area contributed by atoms with Crippen molar-refractivity contribution in [1.82, 2.24) is 8.87 Å². The van der Waals surface area contributed by atoms with E-state index in [0.29, 0.717) is 37.4 Å². The maximum atomic E-state index is 13.3. The van der Waals surface area contributed by atoms with Crippen LogP contribution in [0.2, 0.25) is 0 Å². The molecule has 1 aliphatic rings. The third-order valence-corrected chi connectivity index (χ3v) is 6.80. The summed E-state index contributed by atoms with van der Waals surface area (Å²) >= 11 is 0. The Morgan fingerprint density at radius 2 is 1.75 bits per heavy atom. The van der Waals surface area contributed by atoms with Crippen LogP contribution in [0.25, 0.3) is 10.9 Å².